The Morgan fingerprint density at radius 2 is 1.78 bits per heavy atom. The van der Waals surface area contributed by atoms with Crippen molar-refractivity contribution in [2.24, 2.45) is 0 Å². The lowest BCUT2D eigenvalue weighted by atomic mass is 10.1. The van der Waals surface area contributed by atoms with Crippen molar-refractivity contribution >= 4 is 41.0 Å². The molecule has 1 amide bonds. The highest BCUT2D eigenvalue weighted by molar-refractivity contribution is 8.19. The molecule has 3 nitrogen and oxygen atoms in total. The summed E-state index contributed by atoms with van der Waals surface area (Å²) < 4.78 is 0.535. The first kappa shape index (κ1) is 19.2. The molecule has 0 radical (unpaired) electrons. The number of carbonyl (C=O) groups excluding carboxylic acids is 1. The van der Waals surface area contributed by atoms with Crippen molar-refractivity contribution in [3.63, 3.8) is 0 Å². The van der Waals surface area contributed by atoms with E-state index in [1.807, 2.05) is 58.8 Å². The Morgan fingerprint density at radius 1 is 1.07 bits per heavy atom. The zero-order valence-electron chi connectivity index (χ0n) is 15.2. The van der Waals surface area contributed by atoms with Gasteiger partial charge < -0.3 is 9.80 Å². The molecule has 2 heterocycles. The number of thioether (sulfide) groups is 2. The summed E-state index contributed by atoms with van der Waals surface area (Å²) in [5.74, 6) is 2.60. The third kappa shape index (κ3) is 4.83. The first-order chi connectivity index (χ1) is 13.2. The molecule has 27 heavy (non-hydrogen) atoms. The van der Waals surface area contributed by atoms with Gasteiger partial charge in [0.2, 0.25) is 0 Å². The van der Waals surface area contributed by atoms with Crippen LogP contribution >= 0.6 is 35.1 Å². The van der Waals surface area contributed by atoms with Crippen LogP contribution in [0.25, 0.3) is 0 Å². The highest BCUT2D eigenvalue weighted by Crippen LogP contribution is 2.45. The molecule has 0 bridgehead atoms. The molecule has 0 unspecified atom stereocenters. The third-order valence-electron chi connectivity index (χ3n) is 5.15. The second kappa shape index (κ2) is 8.91. The lowest BCUT2D eigenvalue weighted by Gasteiger charge is -2.32. The molecule has 2 fully saturated rings. The van der Waals surface area contributed by atoms with Crippen LogP contribution in [-0.4, -0.2) is 48.5 Å². The molecule has 0 aliphatic carbocycles. The maximum Gasteiger partial charge on any atom is 0.254 e. The van der Waals surface area contributed by atoms with E-state index in [2.05, 4.69) is 18.2 Å². The monoisotopic (exact) mass is 419 g/mol. The van der Waals surface area contributed by atoms with E-state index in [1.54, 1.807) is 0 Å². The fraction of sp³-hybridized carbons (Fsp3) is 0.381. The quantitative estimate of drug-likeness (QED) is 0.822. The van der Waals surface area contributed by atoms with E-state index in [9.17, 15) is 4.79 Å². The Morgan fingerprint density at radius 3 is 2.44 bits per heavy atom. The number of benzene rings is 2. The molecule has 2 aliphatic rings. The van der Waals surface area contributed by atoms with Crippen LogP contribution in [0.2, 0.25) is 5.02 Å². The molecular formula is C21H24ClN2OS2+. The summed E-state index contributed by atoms with van der Waals surface area (Å²) in [5.41, 5.74) is 3.40. The van der Waals surface area contributed by atoms with Crippen LogP contribution in [0.4, 0.5) is 0 Å². The van der Waals surface area contributed by atoms with Gasteiger partial charge in [0.1, 0.15) is 6.54 Å². The largest absolute Gasteiger partial charge is 0.328 e. The number of amides is 1. The van der Waals surface area contributed by atoms with Gasteiger partial charge in [0.05, 0.1) is 30.8 Å². The first-order valence-electron chi connectivity index (χ1n) is 9.39. The van der Waals surface area contributed by atoms with Gasteiger partial charge in [0, 0.05) is 27.7 Å². The average molecular weight is 420 g/mol. The molecule has 2 aliphatic heterocycles. The predicted molar refractivity (Wildman–Crippen MR) is 116 cm³/mol. The molecule has 0 saturated carbocycles. The van der Waals surface area contributed by atoms with Crippen LogP contribution in [0.5, 0.6) is 0 Å². The molecule has 142 valence electrons. The van der Waals surface area contributed by atoms with Gasteiger partial charge in [-0.1, -0.05) is 35.9 Å². The Bertz CT molecular complexity index is 785. The van der Waals surface area contributed by atoms with E-state index < -0.39 is 0 Å². The van der Waals surface area contributed by atoms with Crippen LogP contribution < -0.4 is 4.90 Å². The fourth-order valence-electron chi connectivity index (χ4n) is 3.65. The van der Waals surface area contributed by atoms with Gasteiger partial charge in [0.15, 0.2) is 0 Å². The maximum atomic E-state index is 12.8. The van der Waals surface area contributed by atoms with Gasteiger partial charge in [-0.2, -0.15) is 0 Å². The van der Waals surface area contributed by atoms with E-state index in [0.29, 0.717) is 4.58 Å². The van der Waals surface area contributed by atoms with E-state index in [4.69, 9.17) is 11.6 Å². The van der Waals surface area contributed by atoms with Gasteiger partial charge in [-0.3, -0.25) is 4.79 Å². The van der Waals surface area contributed by atoms with Gasteiger partial charge in [0.25, 0.3) is 5.91 Å². The van der Waals surface area contributed by atoms with Gasteiger partial charge >= 0.3 is 0 Å². The summed E-state index contributed by atoms with van der Waals surface area (Å²) in [6, 6.07) is 16.3. The molecule has 2 saturated heterocycles. The number of quaternary nitrogens is 1. The number of carbonyl (C=O) groups is 1. The molecule has 0 atom stereocenters. The van der Waals surface area contributed by atoms with Crippen LogP contribution in [0, 0.1) is 0 Å². The minimum Gasteiger partial charge on any atom is -0.328 e. The molecular weight excluding hydrogens is 396 g/mol. The molecule has 0 spiro atoms. The van der Waals surface area contributed by atoms with E-state index in [-0.39, 0.29) is 5.91 Å². The topological polar surface area (TPSA) is 24.8 Å². The minimum atomic E-state index is 0.162. The number of halogens is 1. The summed E-state index contributed by atoms with van der Waals surface area (Å²) in [5, 5.41) is 0.790. The lowest BCUT2D eigenvalue weighted by Crippen LogP contribution is -3.13. The normalized spacial score (nSPS) is 18.8. The van der Waals surface area contributed by atoms with Crippen molar-refractivity contribution in [2.45, 2.75) is 11.1 Å². The SMILES string of the molecule is O=C(c1ccc(C2SCCS2)cc1)N1CC[NH+](Cc2cccc(Cl)c2)CC1. The highest BCUT2D eigenvalue weighted by atomic mass is 35.5. The Hall–Kier alpha value is -1.14. The zero-order chi connectivity index (χ0) is 18.6. The number of hydrogen-bond donors (Lipinski definition) is 1. The van der Waals surface area contributed by atoms with Gasteiger partial charge in [-0.05, 0) is 29.8 Å². The maximum absolute atomic E-state index is 12.8. The number of hydrogen-bond acceptors (Lipinski definition) is 3. The summed E-state index contributed by atoms with van der Waals surface area (Å²) in [6.07, 6.45) is 0. The van der Waals surface area contributed by atoms with Crippen LogP contribution in [0.1, 0.15) is 26.1 Å². The van der Waals surface area contributed by atoms with Crippen LogP contribution in [0.3, 0.4) is 0 Å². The summed E-state index contributed by atoms with van der Waals surface area (Å²) in [7, 11) is 0. The van der Waals surface area contributed by atoms with Crippen molar-refractivity contribution in [1.29, 1.82) is 0 Å². The highest BCUT2D eigenvalue weighted by Gasteiger charge is 2.25. The molecule has 4 rings (SSSR count). The minimum absolute atomic E-state index is 0.162. The van der Waals surface area contributed by atoms with E-state index >= 15 is 0 Å². The van der Waals surface area contributed by atoms with Crippen molar-refractivity contribution < 1.29 is 9.69 Å². The predicted octanol–water partition coefficient (Wildman–Crippen LogP) is 3.36. The third-order valence-corrected chi connectivity index (χ3v) is 8.49. The van der Waals surface area contributed by atoms with Crippen molar-refractivity contribution in [3.8, 4) is 0 Å². The molecule has 2 aromatic carbocycles. The number of piperazine rings is 1. The number of rotatable bonds is 4. The molecule has 1 N–H and O–H groups in total. The number of nitrogens with zero attached hydrogens (tertiary/aromatic N) is 1. The molecule has 0 aromatic heterocycles. The molecule has 6 heteroatoms. The van der Waals surface area contributed by atoms with Crippen molar-refractivity contribution in [1.82, 2.24) is 4.90 Å². The molecule has 2 aromatic rings. The Labute approximate surface area is 174 Å². The van der Waals surface area contributed by atoms with Crippen molar-refractivity contribution in [2.75, 3.05) is 37.7 Å². The summed E-state index contributed by atoms with van der Waals surface area (Å²) >= 11 is 10.1. The average Bonchev–Trinajstić information content (AvgIpc) is 3.23. The smallest absolute Gasteiger partial charge is 0.254 e. The summed E-state index contributed by atoms with van der Waals surface area (Å²) in [4.78, 5) is 16.3. The van der Waals surface area contributed by atoms with E-state index in [0.717, 1.165) is 43.3 Å². The van der Waals surface area contributed by atoms with E-state index in [1.165, 1.54) is 27.5 Å². The first-order valence-corrected chi connectivity index (χ1v) is 11.9. The lowest BCUT2D eigenvalue weighted by molar-refractivity contribution is -0.917. The zero-order valence-corrected chi connectivity index (χ0v) is 17.6. The second-order valence-electron chi connectivity index (χ2n) is 7.04. The second-order valence-corrected chi connectivity index (χ2v) is 10.2. The Balaban J connectivity index is 1.31. The van der Waals surface area contributed by atoms with Gasteiger partial charge in [-0.25, -0.2) is 0 Å². The van der Waals surface area contributed by atoms with Gasteiger partial charge in [-0.15, -0.1) is 23.5 Å². The number of nitrogens with one attached hydrogen (secondary N) is 1. The van der Waals surface area contributed by atoms with Crippen molar-refractivity contribution in [3.05, 3.63) is 70.2 Å². The fourth-order valence-corrected chi connectivity index (χ4v) is 6.73. The standard InChI is InChI=1S/C21H23ClN2OS2/c22-19-3-1-2-16(14-19)15-23-8-10-24(11-9-23)20(25)17-4-6-18(7-5-17)21-26-12-13-27-21/h1-7,14,21H,8-13,15H2/p+1. The van der Waals surface area contributed by atoms with Crippen LogP contribution in [-0.2, 0) is 6.54 Å². The Kier molecular flexibility index (Phi) is 6.33. The van der Waals surface area contributed by atoms with Crippen LogP contribution in [0.15, 0.2) is 48.5 Å². The summed E-state index contributed by atoms with van der Waals surface area (Å²) in [6.45, 7) is 4.54.